The van der Waals surface area contributed by atoms with Gasteiger partial charge in [-0.2, -0.15) is 0 Å². The number of hydrogen-bond acceptors (Lipinski definition) is 2. The third-order valence-electron chi connectivity index (χ3n) is 6.00. The van der Waals surface area contributed by atoms with Gasteiger partial charge in [0, 0.05) is 11.1 Å². The Morgan fingerprint density at radius 3 is 1.97 bits per heavy atom. The first-order valence-corrected chi connectivity index (χ1v) is 11.4. The highest BCUT2D eigenvalue weighted by atomic mass is 15.0. The van der Waals surface area contributed by atoms with Gasteiger partial charge in [-0.15, -0.1) is 0 Å². The monoisotopic (exact) mass is 429 g/mol. The summed E-state index contributed by atoms with van der Waals surface area (Å²) < 4.78 is 0. The Kier molecular flexibility index (Phi) is 5.62. The van der Waals surface area contributed by atoms with Gasteiger partial charge < -0.3 is 4.98 Å². The predicted octanol–water partition coefficient (Wildman–Crippen LogP) is 8.16. The number of fused-ring (bicyclic) bond motifs is 1. The number of rotatable bonds is 5. The Bertz CT molecular complexity index is 1350. The Balaban J connectivity index is 1.70. The van der Waals surface area contributed by atoms with Gasteiger partial charge in [-0.3, -0.25) is 0 Å². The van der Waals surface area contributed by atoms with Gasteiger partial charge in [0.05, 0.1) is 22.4 Å². The van der Waals surface area contributed by atoms with E-state index < -0.39 is 0 Å². The summed E-state index contributed by atoms with van der Waals surface area (Å²) in [4.78, 5) is 13.6. The van der Waals surface area contributed by atoms with Crippen molar-refractivity contribution in [1.82, 2.24) is 9.97 Å². The number of aliphatic imine (C=N–C) groups is 1. The van der Waals surface area contributed by atoms with E-state index in [9.17, 15) is 0 Å². The van der Waals surface area contributed by atoms with Crippen LogP contribution in [0.5, 0.6) is 0 Å². The lowest BCUT2D eigenvalue weighted by atomic mass is 9.98. The third-order valence-corrected chi connectivity index (χ3v) is 6.00. The topological polar surface area (TPSA) is 41.0 Å². The fraction of sp³-hybridized carbons (Fsp3) is 0.133. The molecule has 1 N–H and O–H groups in total. The number of para-hydroxylation sites is 1. The molecular weight excluding hydrogens is 402 g/mol. The Morgan fingerprint density at radius 2 is 1.30 bits per heavy atom. The number of nitrogens with one attached hydrogen (secondary N) is 1. The number of benzene rings is 4. The van der Waals surface area contributed by atoms with Crippen molar-refractivity contribution in [3.8, 4) is 22.3 Å². The predicted molar refractivity (Wildman–Crippen MR) is 139 cm³/mol. The molecule has 3 nitrogen and oxygen atoms in total. The van der Waals surface area contributed by atoms with Crippen molar-refractivity contribution in [2.24, 2.45) is 4.99 Å². The van der Waals surface area contributed by atoms with Crippen LogP contribution in [0.1, 0.15) is 38.1 Å². The second kappa shape index (κ2) is 8.87. The second-order valence-corrected chi connectivity index (χ2v) is 8.61. The van der Waals surface area contributed by atoms with Crippen LogP contribution in [0.15, 0.2) is 102 Å². The summed E-state index contributed by atoms with van der Waals surface area (Å²) in [6, 6.07) is 33.6. The molecule has 4 aromatic carbocycles. The number of imidazole rings is 1. The molecule has 0 bridgehead atoms. The molecule has 0 atom stereocenters. The number of aromatic amines is 1. The summed E-state index contributed by atoms with van der Waals surface area (Å²) in [5.74, 6) is 1.20. The molecule has 0 fully saturated rings. The van der Waals surface area contributed by atoms with Crippen LogP contribution in [0.2, 0.25) is 0 Å². The van der Waals surface area contributed by atoms with Crippen molar-refractivity contribution in [2.45, 2.75) is 26.7 Å². The molecule has 0 aliphatic rings. The summed E-state index contributed by atoms with van der Waals surface area (Å²) in [6.45, 7) is 6.42. The molecule has 1 heterocycles. The first-order chi connectivity index (χ1) is 16.1. The molecule has 0 saturated heterocycles. The highest BCUT2D eigenvalue weighted by molar-refractivity contribution is 6.06. The minimum absolute atomic E-state index is 0.405. The molecule has 0 radical (unpaired) electrons. The minimum Gasteiger partial charge on any atom is -0.336 e. The van der Waals surface area contributed by atoms with Crippen LogP contribution in [0.3, 0.4) is 0 Å². The average molecular weight is 430 g/mol. The van der Waals surface area contributed by atoms with Gasteiger partial charge >= 0.3 is 0 Å². The van der Waals surface area contributed by atoms with Crippen LogP contribution in [0.25, 0.3) is 33.3 Å². The van der Waals surface area contributed by atoms with E-state index >= 15 is 0 Å². The molecule has 3 heteroatoms. The quantitative estimate of drug-likeness (QED) is 0.281. The molecule has 5 aromatic rings. The second-order valence-electron chi connectivity index (χ2n) is 8.61. The molecule has 1 aromatic heterocycles. The number of aromatic nitrogens is 2. The zero-order chi connectivity index (χ0) is 22.8. The first-order valence-electron chi connectivity index (χ1n) is 11.4. The summed E-state index contributed by atoms with van der Waals surface area (Å²) in [5.41, 5.74) is 9.67. The smallest absolute Gasteiger partial charge is 0.152 e. The summed E-state index contributed by atoms with van der Waals surface area (Å²) in [7, 11) is 0. The average Bonchev–Trinajstić information content (AvgIpc) is 3.30. The van der Waals surface area contributed by atoms with E-state index in [4.69, 9.17) is 9.98 Å². The highest BCUT2D eigenvalue weighted by Crippen LogP contribution is 2.35. The van der Waals surface area contributed by atoms with Gasteiger partial charge in [-0.05, 0) is 35.6 Å². The molecule has 0 aliphatic heterocycles. The normalized spacial score (nSPS) is 11.9. The van der Waals surface area contributed by atoms with Gasteiger partial charge in [-0.1, -0.05) is 105 Å². The SMILES string of the molecule is CC(=Nc1ccccc1C(C)C)c1nc2c(-c3ccccc3)ccc(-c3ccccc3)c2[nH]1. The van der Waals surface area contributed by atoms with Gasteiger partial charge in [0.2, 0.25) is 0 Å². The lowest BCUT2D eigenvalue weighted by Crippen LogP contribution is -1.98. The maximum Gasteiger partial charge on any atom is 0.152 e. The van der Waals surface area contributed by atoms with E-state index in [0.717, 1.165) is 50.5 Å². The largest absolute Gasteiger partial charge is 0.336 e. The molecule has 0 amide bonds. The molecule has 5 rings (SSSR count). The van der Waals surface area contributed by atoms with E-state index in [2.05, 4.69) is 97.7 Å². The van der Waals surface area contributed by atoms with E-state index in [1.54, 1.807) is 0 Å². The van der Waals surface area contributed by atoms with E-state index in [-0.39, 0.29) is 0 Å². The fourth-order valence-electron chi connectivity index (χ4n) is 4.28. The van der Waals surface area contributed by atoms with Crippen molar-refractivity contribution >= 4 is 22.4 Å². The fourth-order valence-corrected chi connectivity index (χ4v) is 4.28. The van der Waals surface area contributed by atoms with Gasteiger partial charge in [0.15, 0.2) is 5.82 Å². The zero-order valence-electron chi connectivity index (χ0n) is 19.2. The number of hydrogen-bond donors (Lipinski definition) is 1. The molecule has 0 aliphatic carbocycles. The standard InChI is InChI=1S/C30H27N3/c1-20(2)24-16-10-11-17-27(24)31-21(3)30-32-28-25(22-12-6-4-7-13-22)18-19-26(29(28)33-30)23-14-8-5-9-15-23/h4-20H,1-3H3,(H,32,33). The Morgan fingerprint density at radius 1 is 0.727 bits per heavy atom. The molecular formula is C30H27N3. The minimum atomic E-state index is 0.405. The van der Waals surface area contributed by atoms with Gasteiger partial charge in [0.1, 0.15) is 0 Å². The first kappa shape index (κ1) is 20.9. The molecule has 0 spiro atoms. The van der Waals surface area contributed by atoms with Crippen LogP contribution in [0.4, 0.5) is 5.69 Å². The maximum atomic E-state index is 5.06. The van der Waals surface area contributed by atoms with Crippen molar-refractivity contribution in [3.63, 3.8) is 0 Å². The highest BCUT2D eigenvalue weighted by Gasteiger charge is 2.16. The van der Waals surface area contributed by atoms with Crippen LogP contribution < -0.4 is 0 Å². The number of H-pyrrole nitrogens is 1. The number of nitrogens with zero attached hydrogens (tertiary/aromatic N) is 2. The van der Waals surface area contributed by atoms with Gasteiger partial charge in [0.25, 0.3) is 0 Å². The van der Waals surface area contributed by atoms with Crippen molar-refractivity contribution in [3.05, 3.63) is 108 Å². The molecule has 0 saturated carbocycles. The lowest BCUT2D eigenvalue weighted by Gasteiger charge is -2.09. The van der Waals surface area contributed by atoms with Crippen molar-refractivity contribution in [1.29, 1.82) is 0 Å². The summed E-state index contributed by atoms with van der Waals surface area (Å²) in [6.07, 6.45) is 0. The third kappa shape index (κ3) is 4.10. The molecule has 162 valence electrons. The Labute approximate surface area is 194 Å². The summed E-state index contributed by atoms with van der Waals surface area (Å²) in [5, 5.41) is 0. The van der Waals surface area contributed by atoms with Crippen molar-refractivity contribution in [2.75, 3.05) is 0 Å². The maximum absolute atomic E-state index is 5.06. The van der Waals surface area contributed by atoms with Crippen molar-refractivity contribution < 1.29 is 0 Å². The van der Waals surface area contributed by atoms with E-state index in [1.807, 2.05) is 25.1 Å². The molecule has 0 unspecified atom stereocenters. The van der Waals surface area contributed by atoms with Crippen LogP contribution >= 0.6 is 0 Å². The van der Waals surface area contributed by atoms with Gasteiger partial charge in [-0.25, -0.2) is 9.98 Å². The van der Waals surface area contributed by atoms with Crippen LogP contribution in [-0.4, -0.2) is 15.7 Å². The van der Waals surface area contributed by atoms with Crippen LogP contribution in [-0.2, 0) is 0 Å². The zero-order valence-corrected chi connectivity index (χ0v) is 19.2. The van der Waals surface area contributed by atoms with Crippen LogP contribution in [0, 0.1) is 0 Å². The lowest BCUT2D eigenvalue weighted by molar-refractivity contribution is 0.867. The van der Waals surface area contributed by atoms with E-state index in [1.165, 1.54) is 5.56 Å². The molecule has 33 heavy (non-hydrogen) atoms. The van der Waals surface area contributed by atoms with E-state index in [0.29, 0.717) is 5.92 Å². The summed E-state index contributed by atoms with van der Waals surface area (Å²) >= 11 is 0. The Hall–Kier alpha value is -3.98.